The number of anilines is 1. The molecule has 0 bridgehead atoms. The van der Waals surface area contributed by atoms with Crippen LogP contribution in [0, 0.1) is 5.41 Å². The number of para-hydroxylation sites is 2. The highest BCUT2D eigenvalue weighted by molar-refractivity contribution is 5.51. The molecule has 1 heterocycles. The summed E-state index contributed by atoms with van der Waals surface area (Å²) in [4.78, 5) is 2.42. The van der Waals surface area contributed by atoms with Gasteiger partial charge in [-0.25, -0.2) is 0 Å². The van der Waals surface area contributed by atoms with E-state index in [9.17, 15) is 0 Å². The van der Waals surface area contributed by atoms with E-state index < -0.39 is 0 Å². The fourth-order valence-electron chi connectivity index (χ4n) is 2.49. The lowest BCUT2D eigenvalue weighted by Gasteiger charge is -2.32. The number of nitrogens with zero attached hydrogens (tertiary/aromatic N) is 1. The van der Waals surface area contributed by atoms with Gasteiger partial charge < -0.3 is 10.5 Å². The van der Waals surface area contributed by atoms with Gasteiger partial charge in [-0.2, -0.15) is 0 Å². The third-order valence-electron chi connectivity index (χ3n) is 3.84. The maximum absolute atomic E-state index is 5.86. The van der Waals surface area contributed by atoms with Gasteiger partial charge in [-0.05, 0) is 24.0 Å². The second-order valence-corrected chi connectivity index (χ2v) is 6.42. The van der Waals surface area contributed by atoms with Gasteiger partial charge in [0.25, 0.3) is 0 Å². The lowest BCUT2D eigenvalue weighted by atomic mass is 9.83. The first kappa shape index (κ1) is 14.9. The summed E-state index contributed by atoms with van der Waals surface area (Å²) in [6.45, 7) is 10.6. The molecule has 1 aliphatic heterocycles. The van der Waals surface area contributed by atoms with Crippen molar-refractivity contribution in [2.24, 2.45) is 5.41 Å². The average molecular weight is 274 g/mol. The standard InChI is InChI=1S/C17H26N2O/c1-17(2,3)14-8-10-19(11-9-14)12-13-20-16-7-5-4-6-15(16)18/h4-8H,9-13,18H2,1-3H3. The van der Waals surface area contributed by atoms with E-state index in [4.69, 9.17) is 10.5 Å². The molecule has 0 radical (unpaired) electrons. The molecule has 3 nitrogen and oxygen atoms in total. The Balaban J connectivity index is 1.77. The van der Waals surface area contributed by atoms with Gasteiger partial charge in [0.05, 0.1) is 5.69 Å². The molecule has 3 heteroatoms. The third-order valence-corrected chi connectivity index (χ3v) is 3.84. The second kappa shape index (κ2) is 6.31. The first-order valence-electron chi connectivity index (χ1n) is 7.36. The van der Waals surface area contributed by atoms with E-state index >= 15 is 0 Å². The summed E-state index contributed by atoms with van der Waals surface area (Å²) < 4.78 is 5.75. The van der Waals surface area contributed by atoms with E-state index in [1.54, 1.807) is 5.57 Å². The van der Waals surface area contributed by atoms with E-state index in [0.717, 1.165) is 31.8 Å². The largest absolute Gasteiger partial charge is 0.490 e. The summed E-state index contributed by atoms with van der Waals surface area (Å²) >= 11 is 0. The summed E-state index contributed by atoms with van der Waals surface area (Å²) in [7, 11) is 0. The van der Waals surface area contributed by atoms with Crippen LogP contribution in [0.2, 0.25) is 0 Å². The molecule has 0 amide bonds. The second-order valence-electron chi connectivity index (χ2n) is 6.42. The van der Waals surface area contributed by atoms with Crippen molar-refractivity contribution < 1.29 is 4.74 Å². The summed E-state index contributed by atoms with van der Waals surface area (Å²) in [6.07, 6.45) is 3.54. The van der Waals surface area contributed by atoms with Gasteiger partial charge in [0.15, 0.2) is 0 Å². The zero-order chi connectivity index (χ0) is 14.6. The highest BCUT2D eigenvalue weighted by atomic mass is 16.5. The first-order chi connectivity index (χ1) is 9.47. The summed E-state index contributed by atoms with van der Waals surface area (Å²) in [6, 6.07) is 7.66. The van der Waals surface area contributed by atoms with E-state index in [-0.39, 0.29) is 0 Å². The molecule has 0 spiro atoms. The van der Waals surface area contributed by atoms with Gasteiger partial charge in [0, 0.05) is 19.6 Å². The highest BCUT2D eigenvalue weighted by Gasteiger charge is 2.20. The Kier molecular flexibility index (Phi) is 4.71. The fraction of sp³-hybridized carbons (Fsp3) is 0.529. The number of hydrogen-bond donors (Lipinski definition) is 1. The minimum atomic E-state index is 0.307. The Morgan fingerprint density at radius 1 is 1.25 bits per heavy atom. The van der Waals surface area contributed by atoms with Crippen LogP contribution in [0.5, 0.6) is 5.75 Å². The van der Waals surface area contributed by atoms with E-state index in [1.165, 1.54) is 0 Å². The van der Waals surface area contributed by atoms with Gasteiger partial charge in [0.1, 0.15) is 12.4 Å². The number of benzene rings is 1. The van der Waals surface area contributed by atoms with Crippen LogP contribution in [-0.4, -0.2) is 31.1 Å². The van der Waals surface area contributed by atoms with E-state index in [2.05, 4.69) is 31.7 Å². The predicted octanol–water partition coefficient (Wildman–Crippen LogP) is 3.33. The molecule has 0 fully saturated rings. The normalized spacial score (nSPS) is 16.9. The topological polar surface area (TPSA) is 38.5 Å². The van der Waals surface area contributed by atoms with Crippen LogP contribution in [0.3, 0.4) is 0 Å². The average Bonchev–Trinajstić information content (AvgIpc) is 2.40. The maximum Gasteiger partial charge on any atom is 0.142 e. The number of rotatable bonds is 4. The zero-order valence-electron chi connectivity index (χ0n) is 12.9. The van der Waals surface area contributed by atoms with Crippen molar-refractivity contribution in [2.45, 2.75) is 27.2 Å². The molecule has 1 aliphatic rings. The quantitative estimate of drug-likeness (QED) is 0.676. The lowest BCUT2D eigenvalue weighted by molar-refractivity contribution is 0.214. The molecule has 0 unspecified atom stereocenters. The van der Waals surface area contributed by atoms with Crippen LogP contribution < -0.4 is 10.5 Å². The highest BCUT2D eigenvalue weighted by Crippen LogP contribution is 2.30. The SMILES string of the molecule is CC(C)(C)C1=CCN(CCOc2ccccc2N)CC1. The fourth-order valence-corrected chi connectivity index (χ4v) is 2.49. The van der Waals surface area contributed by atoms with Crippen LogP contribution in [-0.2, 0) is 0 Å². The van der Waals surface area contributed by atoms with Crippen molar-refractivity contribution >= 4 is 5.69 Å². The number of nitrogens with two attached hydrogens (primary N) is 1. The Hall–Kier alpha value is -1.48. The number of ether oxygens (including phenoxy) is 1. The van der Waals surface area contributed by atoms with Crippen LogP contribution >= 0.6 is 0 Å². The van der Waals surface area contributed by atoms with Gasteiger partial charge >= 0.3 is 0 Å². The summed E-state index contributed by atoms with van der Waals surface area (Å²) in [5.74, 6) is 0.787. The lowest BCUT2D eigenvalue weighted by Crippen LogP contribution is -2.34. The molecule has 2 rings (SSSR count). The van der Waals surface area contributed by atoms with Crippen LogP contribution in [0.15, 0.2) is 35.9 Å². The number of nitrogen functional groups attached to an aromatic ring is 1. The molecule has 0 saturated carbocycles. The molecule has 110 valence electrons. The Bertz CT molecular complexity index is 474. The smallest absolute Gasteiger partial charge is 0.142 e. The van der Waals surface area contributed by atoms with Gasteiger partial charge in [-0.3, -0.25) is 4.90 Å². The third kappa shape index (κ3) is 4.01. The Labute approximate surface area is 122 Å². The monoisotopic (exact) mass is 274 g/mol. The molecule has 0 aliphatic carbocycles. The van der Waals surface area contributed by atoms with Crippen molar-refractivity contribution in [3.63, 3.8) is 0 Å². The Morgan fingerprint density at radius 3 is 2.60 bits per heavy atom. The molecular formula is C17H26N2O. The maximum atomic E-state index is 5.86. The predicted molar refractivity (Wildman–Crippen MR) is 84.9 cm³/mol. The molecule has 0 atom stereocenters. The molecular weight excluding hydrogens is 248 g/mol. The molecule has 1 aromatic carbocycles. The first-order valence-corrected chi connectivity index (χ1v) is 7.36. The van der Waals surface area contributed by atoms with Crippen LogP contribution in [0.25, 0.3) is 0 Å². The zero-order valence-corrected chi connectivity index (χ0v) is 12.9. The Morgan fingerprint density at radius 2 is 2.00 bits per heavy atom. The van der Waals surface area contributed by atoms with Gasteiger partial charge in [0.2, 0.25) is 0 Å². The molecule has 1 aromatic rings. The van der Waals surface area contributed by atoms with Crippen molar-refractivity contribution in [1.29, 1.82) is 0 Å². The molecule has 0 saturated heterocycles. The molecule has 20 heavy (non-hydrogen) atoms. The minimum Gasteiger partial charge on any atom is -0.490 e. The molecule has 2 N–H and O–H groups in total. The summed E-state index contributed by atoms with van der Waals surface area (Å²) in [5.41, 5.74) is 8.44. The number of hydrogen-bond acceptors (Lipinski definition) is 3. The van der Waals surface area contributed by atoms with E-state index in [1.807, 2.05) is 24.3 Å². The van der Waals surface area contributed by atoms with Gasteiger partial charge in [-0.1, -0.05) is 44.6 Å². The van der Waals surface area contributed by atoms with Crippen LogP contribution in [0.1, 0.15) is 27.2 Å². The van der Waals surface area contributed by atoms with Gasteiger partial charge in [-0.15, -0.1) is 0 Å². The van der Waals surface area contributed by atoms with Crippen molar-refractivity contribution in [3.8, 4) is 5.75 Å². The van der Waals surface area contributed by atoms with E-state index in [0.29, 0.717) is 17.7 Å². The summed E-state index contributed by atoms with van der Waals surface area (Å²) in [5, 5.41) is 0. The van der Waals surface area contributed by atoms with Crippen molar-refractivity contribution in [3.05, 3.63) is 35.9 Å². The minimum absolute atomic E-state index is 0.307. The molecule has 0 aromatic heterocycles. The van der Waals surface area contributed by atoms with Crippen molar-refractivity contribution in [2.75, 3.05) is 32.0 Å². The van der Waals surface area contributed by atoms with Crippen LogP contribution in [0.4, 0.5) is 5.69 Å². The van der Waals surface area contributed by atoms with Crippen molar-refractivity contribution in [1.82, 2.24) is 4.90 Å².